The van der Waals surface area contributed by atoms with Crippen molar-refractivity contribution in [2.45, 2.75) is 13.3 Å². The van der Waals surface area contributed by atoms with E-state index in [9.17, 15) is 14.0 Å². The van der Waals surface area contributed by atoms with E-state index < -0.39 is 17.6 Å². The predicted molar refractivity (Wildman–Crippen MR) is 123 cm³/mol. The highest BCUT2D eigenvalue weighted by Gasteiger charge is 2.42. The fraction of sp³-hybridized carbons (Fsp3) is 0.154. The average Bonchev–Trinajstić information content (AvgIpc) is 3.08. The summed E-state index contributed by atoms with van der Waals surface area (Å²) in [6.07, 6.45) is 0.841. The number of hydrogen-bond acceptors (Lipinski definition) is 4. The molecule has 5 nitrogen and oxygen atoms in total. The van der Waals surface area contributed by atoms with E-state index in [1.54, 1.807) is 36.2 Å². The van der Waals surface area contributed by atoms with Crippen LogP contribution in [0.3, 0.4) is 0 Å². The van der Waals surface area contributed by atoms with Gasteiger partial charge in [-0.3, -0.25) is 9.59 Å². The molecular weight excluding hydrogens is 407 g/mol. The van der Waals surface area contributed by atoms with Crippen LogP contribution in [0.2, 0.25) is 0 Å². The summed E-state index contributed by atoms with van der Waals surface area (Å²) in [5, 5.41) is 0. The molecule has 0 atom stereocenters. The first-order chi connectivity index (χ1) is 15.5. The van der Waals surface area contributed by atoms with Gasteiger partial charge in [0.05, 0.1) is 17.9 Å². The molecule has 6 heteroatoms. The van der Waals surface area contributed by atoms with Crippen molar-refractivity contribution in [1.82, 2.24) is 0 Å². The zero-order chi connectivity index (χ0) is 22.7. The molecule has 32 heavy (non-hydrogen) atoms. The van der Waals surface area contributed by atoms with Gasteiger partial charge in [-0.2, -0.15) is 0 Å². The number of benzene rings is 3. The maximum atomic E-state index is 13.6. The van der Waals surface area contributed by atoms with Crippen LogP contribution in [0.15, 0.2) is 84.6 Å². The number of para-hydroxylation sites is 1. The molecule has 0 fully saturated rings. The molecule has 0 N–H and O–H groups in total. The van der Waals surface area contributed by atoms with Crippen LogP contribution in [-0.2, 0) is 9.59 Å². The van der Waals surface area contributed by atoms with Gasteiger partial charge in [0, 0.05) is 18.8 Å². The van der Waals surface area contributed by atoms with Crippen LogP contribution in [0.4, 0.5) is 15.8 Å². The number of hydrogen-bond donors (Lipinski definition) is 0. The molecule has 0 spiro atoms. The van der Waals surface area contributed by atoms with Crippen molar-refractivity contribution in [1.29, 1.82) is 0 Å². The van der Waals surface area contributed by atoms with Crippen molar-refractivity contribution in [3.05, 3.63) is 95.9 Å². The molecule has 0 aromatic heterocycles. The number of likely N-dealkylation sites (N-methyl/N-ethyl adjacent to an activating group) is 1. The van der Waals surface area contributed by atoms with Gasteiger partial charge < -0.3 is 9.64 Å². The van der Waals surface area contributed by atoms with Gasteiger partial charge in [-0.15, -0.1) is 0 Å². The van der Waals surface area contributed by atoms with E-state index >= 15 is 0 Å². The third-order valence-electron chi connectivity index (χ3n) is 5.22. The first-order valence-corrected chi connectivity index (χ1v) is 10.4. The largest absolute Gasteiger partial charge is 0.494 e. The third-order valence-corrected chi connectivity index (χ3v) is 5.22. The van der Waals surface area contributed by atoms with Gasteiger partial charge in [0.1, 0.15) is 17.3 Å². The maximum absolute atomic E-state index is 13.6. The van der Waals surface area contributed by atoms with Crippen LogP contribution in [0.1, 0.15) is 18.9 Å². The summed E-state index contributed by atoms with van der Waals surface area (Å²) in [4.78, 5) is 30.0. The fourth-order valence-corrected chi connectivity index (χ4v) is 3.65. The molecule has 3 aromatic carbocycles. The van der Waals surface area contributed by atoms with Crippen molar-refractivity contribution in [3.63, 3.8) is 0 Å². The normalized spacial score (nSPS) is 13.7. The van der Waals surface area contributed by atoms with Crippen molar-refractivity contribution < 1.29 is 18.7 Å². The minimum Gasteiger partial charge on any atom is -0.494 e. The van der Waals surface area contributed by atoms with Crippen LogP contribution in [-0.4, -0.2) is 25.5 Å². The lowest BCUT2D eigenvalue weighted by atomic mass is 10.0. The second kappa shape index (κ2) is 9.06. The first-order valence-electron chi connectivity index (χ1n) is 10.4. The molecule has 1 aliphatic rings. The highest BCUT2D eigenvalue weighted by atomic mass is 19.1. The van der Waals surface area contributed by atoms with Crippen molar-refractivity contribution in [2.24, 2.45) is 0 Å². The molecule has 1 aliphatic heterocycles. The smallest absolute Gasteiger partial charge is 0.282 e. The molecule has 0 bridgehead atoms. The number of carbonyl (C=O) groups excluding carboxylic acids is 2. The van der Waals surface area contributed by atoms with Gasteiger partial charge >= 0.3 is 0 Å². The molecule has 0 saturated heterocycles. The second-order valence-electron chi connectivity index (χ2n) is 7.42. The summed E-state index contributed by atoms with van der Waals surface area (Å²) < 4.78 is 19.2. The standard InChI is InChI=1S/C26H23FN2O3/c1-3-16-32-22-11-7-10-21(17-22)29-25(30)23(18-12-14-19(27)15-13-18)24(26(29)31)28(2)20-8-5-4-6-9-20/h4-15,17H,3,16H2,1-2H3. The SMILES string of the molecule is CCCOc1cccc(N2C(=O)C(c3ccc(F)cc3)=C(N(C)c3ccccc3)C2=O)c1. The highest BCUT2D eigenvalue weighted by Crippen LogP contribution is 2.37. The maximum Gasteiger partial charge on any atom is 0.282 e. The number of anilines is 2. The molecule has 0 radical (unpaired) electrons. The highest BCUT2D eigenvalue weighted by molar-refractivity contribution is 6.46. The Bertz CT molecular complexity index is 1170. The zero-order valence-corrected chi connectivity index (χ0v) is 17.9. The van der Waals surface area contributed by atoms with E-state index in [1.807, 2.05) is 37.3 Å². The molecule has 0 saturated carbocycles. The number of halogens is 1. The average molecular weight is 430 g/mol. The van der Waals surface area contributed by atoms with E-state index in [0.29, 0.717) is 23.6 Å². The van der Waals surface area contributed by atoms with Crippen LogP contribution in [0.5, 0.6) is 5.75 Å². The molecule has 1 heterocycles. The molecule has 0 unspecified atom stereocenters. The summed E-state index contributed by atoms with van der Waals surface area (Å²) in [6, 6.07) is 21.8. The number of rotatable bonds is 7. The zero-order valence-electron chi connectivity index (χ0n) is 17.9. The molecule has 162 valence electrons. The summed E-state index contributed by atoms with van der Waals surface area (Å²) >= 11 is 0. The predicted octanol–water partition coefficient (Wildman–Crippen LogP) is 5.04. The second-order valence-corrected chi connectivity index (χ2v) is 7.42. The van der Waals surface area contributed by atoms with E-state index in [4.69, 9.17) is 4.74 Å². The van der Waals surface area contributed by atoms with E-state index in [-0.39, 0.29) is 11.3 Å². The van der Waals surface area contributed by atoms with Gasteiger partial charge in [-0.25, -0.2) is 9.29 Å². The summed E-state index contributed by atoms with van der Waals surface area (Å²) in [6.45, 7) is 2.54. The quantitative estimate of drug-likeness (QED) is 0.493. The Morgan fingerprint density at radius 3 is 2.31 bits per heavy atom. The van der Waals surface area contributed by atoms with Gasteiger partial charge in [0.25, 0.3) is 11.8 Å². The van der Waals surface area contributed by atoms with Gasteiger partial charge in [0.15, 0.2) is 0 Å². The van der Waals surface area contributed by atoms with Crippen molar-refractivity contribution >= 4 is 28.8 Å². The number of amides is 2. The van der Waals surface area contributed by atoms with E-state index in [0.717, 1.165) is 17.0 Å². The topological polar surface area (TPSA) is 49.9 Å². The van der Waals surface area contributed by atoms with Gasteiger partial charge in [0.2, 0.25) is 0 Å². The number of carbonyl (C=O) groups is 2. The van der Waals surface area contributed by atoms with E-state index in [1.165, 1.54) is 24.3 Å². The summed E-state index contributed by atoms with van der Waals surface area (Å²) in [5.74, 6) is -0.750. The Morgan fingerprint density at radius 2 is 1.62 bits per heavy atom. The van der Waals surface area contributed by atoms with Crippen LogP contribution < -0.4 is 14.5 Å². The first kappa shape index (κ1) is 21.3. The van der Waals surface area contributed by atoms with E-state index in [2.05, 4.69) is 0 Å². The third kappa shape index (κ3) is 3.99. The molecular formula is C26H23FN2O3. The Morgan fingerprint density at radius 1 is 0.906 bits per heavy atom. The minimum absolute atomic E-state index is 0.223. The van der Waals surface area contributed by atoms with Crippen molar-refractivity contribution in [3.8, 4) is 5.75 Å². The number of imide groups is 1. The number of ether oxygens (including phenoxy) is 1. The summed E-state index contributed by atoms with van der Waals surface area (Å²) in [7, 11) is 1.74. The van der Waals surface area contributed by atoms with Crippen LogP contribution in [0, 0.1) is 5.82 Å². The Hall–Kier alpha value is -3.93. The van der Waals surface area contributed by atoms with Gasteiger partial charge in [-0.05, 0) is 48.4 Å². The molecule has 3 aromatic rings. The number of nitrogens with zero attached hydrogens (tertiary/aromatic N) is 2. The summed E-state index contributed by atoms with van der Waals surface area (Å²) in [5.41, 5.74) is 2.10. The molecule has 2 amide bonds. The lowest BCUT2D eigenvalue weighted by Crippen LogP contribution is -2.34. The Labute approximate surface area is 186 Å². The van der Waals surface area contributed by atoms with Crippen LogP contribution >= 0.6 is 0 Å². The van der Waals surface area contributed by atoms with Crippen molar-refractivity contribution in [2.75, 3.05) is 23.5 Å². The van der Waals surface area contributed by atoms with Gasteiger partial charge in [-0.1, -0.05) is 43.3 Å². The Balaban J connectivity index is 1.81. The monoisotopic (exact) mass is 430 g/mol. The van der Waals surface area contributed by atoms with Crippen LogP contribution in [0.25, 0.3) is 5.57 Å². The minimum atomic E-state index is -0.466. The lowest BCUT2D eigenvalue weighted by molar-refractivity contribution is -0.120. The molecule has 4 rings (SSSR count). The Kier molecular flexibility index (Phi) is 6.03. The lowest BCUT2D eigenvalue weighted by Gasteiger charge is -2.21. The fourth-order valence-electron chi connectivity index (χ4n) is 3.65. The molecule has 0 aliphatic carbocycles.